The largest absolute Gasteiger partial charge is 0.342 e. The Morgan fingerprint density at radius 3 is 2.84 bits per heavy atom. The summed E-state index contributed by atoms with van der Waals surface area (Å²) in [5.41, 5.74) is 4.95. The van der Waals surface area contributed by atoms with Gasteiger partial charge in [0.15, 0.2) is 0 Å². The molecule has 2 heterocycles. The summed E-state index contributed by atoms with van der Waals surface area (Å²) < 4.78 is 0. The lowest BCUT2D eigenvalue weighted by molar-refractivity contribution is 1.04. The Kier molecular flexibility index (Phi) is 3.96. The van der Waals surface area contributed by atoms with E-state index in [1.165, 1.54) is 11.9 Å². The van der Waals surface area contributed by atoms with Gasteiger partial charge in [0.2, 0.25) is 0 Å². The van der Waals surface area contributed by atoms with Gasteiger partial charge in [-0.2, -0.15) is 0 Å². The van der Waals surface area contributed by atoms with E-state index < -0.39 is 0 Å². The highest BCUT2D eigenvalue weighted by molar-refractivity contribution is 5.81. The van der Waals surface area contributed by atoms with Crippen molar-refractivity contribution in [3.63, 3.8) is 0 Å². The Balaban J connectivity index is 1.61. The number of hydrogen-bond donors (Lipinski definition) is 2. The van der Waals surface area contributed by atoms with E-state index in [1.54, 1.807) is 12.3 Å². The van der Waals surface area contributed by atoms with Crippen molar-refractivity contribution in [1.82, 2.24) is 19.9 Å². The van der Waals surface area contributed by atoms with E-state index in [4.69, 9.17) is 4.98 Å². The maximum Gasteiger partial charge on any atom is 0.141 e. The van der Waals surface area contributed by atoms with Crippen LogP contribution in [0.2, 0.25) is 0 Å². The molecule has 4 rings (SSSR count). The maximum absolute atomic E-state index is 4.70. The predicted molar refractivity (Wildman–Crippen MR) is 101 cm³/mol. The van der Waals surface area contributed by atoms with Gasteiger partial charge in [-0.05, 0) is 23.8 Å². The topological polar surface area (TPSA) is 66.5 Å². The molecule has 4 aromatic rings. The van der Waals surface area contributed by atoms with Gasteiger partial charge in [0.05, 0.1) is 11.0 Å². The van der Waals surface area contributed by atoms with E-state index >= 15 is 0 Å². The molecule has 0 fully saturated rings. The minimum atomic E-state index is 0.726. The van der Waals surface area contributed by atoms with Crippen molar-refractivity contribution in [2.45, 2.75) is 6.42 Å². The van der Waals surface area contributed by atoms with E-state index in [0.29, 0.717) is 0 Å². The number of nitrogens with zero attached hydrogens (tertiary/aromatic N) is 3. The van der Waals surface area contributed by atoms with Gasteiger partial charge < -0.3 is 10.3 Å². The van der Waals surface area contributed by atoms with Crippen LogP contribution in [-0.2, 0) is 6.42 Å². The summed E-state index contributed by atoms with van der Waals surface area (Å²) in [6, 6.07) is 16.3. The molecule has 0 unspecified atom stereocenters. The van der Waals surface area contributed by atoms with E-state index in [2.05, 4.69) is 39.0 Å². The molecular weight excluding hydrogens is 310 g/mol. The number of nitrogens with one attached hydrogen (secondary N) is 2. The van der Waals surface area contributed by atoms with Crippen LogP contribution < -0.4 is 5.32 Å². The van der Waals surface area contributed by atoms with Gasteiger partial charge in [-0.1, -0.05) is 43.0 Å². The standard InChI is InChI=1S/C20H17N5/c1-2-15-12-21-13-22-20(15)23-16-8-9-17-18(11-16)25-19(24-17)10-14-6-4-3-5-7-14/h2-9,11-13H,1,10H2,(H,24,25)(H,21,22,23). The Morgan fingerprint density at radius 1 is 1.12 bits per heavy atom. The van der Waals surface area contributed by atoms with Crippen molar-refractivity contribution in [1.29, 1.82) is 0 Å². The molecule has 122 valence electrons. The zero-order valence-corrected chi connectivity index (χ0v) is 13.6. The summed E-state index contributed by atoms with van der Waals surface area (Å²) in [5, 5.41) is 3.30. The zero-order chi connectivity index (χ0) is 17.1. The second-order valence-electron chi connectivity index (χ2n) is 5.73. The first-order valence-corrected chi connectivity index (χ1v) is 8.04. The summed E-state index contributed by atoms with van der Waals surface area (Å²) in [7, 11) is 0. The van der Waals surface area contributed by atoms with Crippen molar-refractivity contribution >= 4 is 28.6 Å². The van der Waals surface area contributed by atoms with Crippen LogP contribution in [0.4, 0.5) is 11.5 Å². The third kappa shape index (κ3) is 3.26. The molecule has 0 radical (unpaired) electrons. The molecule has 0 bridgehead atoms. The molecule has 0 saturated heterocycles. The Morgan fingerprint density at radius 2 is 2.00 bits per heavy atom. The normalized spacial score (nSPS) is 10.7. The summed E-state index contributed by atoms with van der Waals surface area (Å²) in [6.07, 6.45) is 5.76. The van der Waals surface area contributed by atoms with E-state index in [-0.39, 0.29) is 0 Å². The zero-order valence-electron chi connectivity index (χ0n) is 13.6. The Labute approximate surface area is 145 Å². The Hall–Kier alpha value is -3.47. The highest BCUT2D eigenvalue weighted by atomic mass is 15.0. The summed E-state index contributed by atoms with van der Waals surface area (Å²) in [6.45, 7) is 3.79. The number of anilines is 2. The number of aromatic amines is 1. The first kappa shape index (κ1) is 15.1. The molecule has 25 heavy (non-hydrogen) atoms. The van der Waals surface area contributed by atoms with Crippen LogP contribution in [-0.4, -0.2) is 19.9 Å². The smallest absolute Gasteiger partial charge is 0.141 e. The monoisotopic (exact) mass is 327 g/mol. The molecule has 2 aromatic heterocycles. The fraction of sp³-hybridized carbons (Fsp3) is 0.0500. The molecule has 0 atom stereocenters. The van der Waals surface area contributed by atoms with Crippen LogP contribution in [0, 0.1) is 0 Å². The molecule has 5 nitrogen and oxygen atoms in total. The second-order valence-corrected chi connectivity index (χ2v) is 5.73. The lowest BCUT2D eigenvalue weighted by atomic mass is 10.1. The first-order chi connectivity index (χ1) is 12.3. The molecule has 0 saturated carbocycles. The molecular formula is C20H17N5. The van der Waals surface area contributed by atoms with E-state index in [1.807, 2.05) is 36.4 Å². The predicted octanol–water partition coefficient (Wildman–Crippen LogP) is 4.33. The van der Waals surface area contributed by atoms with Gasteiger partial charge in [-0.25, -0.2) is 15.0 Å². The average molecular weight is 327 g/mol. The van der Waals surface area contributed by atoms with E-state index in [9.17, 15) is 0 Å². The minimum Gasteiger partial charge on any atom is -0.342 e. The number of H-pyrrole nitrogens is 1. The van der Waals surface area contributed by atoms with Gasteiger partial charge in [0.25, 0.3) is 0 Å². The highest BCUT2D eigenvalue weighted by Crippen LogP contribution is 2.22. The van der Waals surface area contributed by atoms with E-state index in [0.717, 1.165) is 40.3 Å². The van der Waals surface area contributed by atoms with Crippen LogP contribution in [0.25, 0.3) is 17.1 Å². The number of rotatable bonds is 5. The third-order valence-corrected chi connectivity index (χ3v) is 3.97. The van der Waals surface area contributed by atoms with Crippen molar-refractivity contribution in [3.8, 4) is 0 Å². The van der Waals surface area contributed by atoms with Crippen molar-refractivity contribution in [2.75, 3.05) is 5.32 Å². The van der Waals surface area contributed by atoms with Gasteiger partial charge in [-0.3, -0.25) is 0 Å². The molecule has 5 heteroatoms. The lowest BCUT2D eigenvalue weighted by Gasteiger charge is -2.07. The fourth-order valence-electron chi connectivity index (χ4n) is 2.74. The number of fused-ring (bicyclic) bond motifs is 1. The average Bonchev–Trinajstić information content (AvgIpc) is 3.04. The van der Waals surface area contributed by atoms with Crippen LogP contribution in [0.1, 0.15) is 17.0 Å². The van der Waals surface area contributed by atoms with Crippen molar-refractivity contribution in [3.05, 3.63) is 84.6 Å². The lowest BCUT2D eigenvalue weighted by Crippen LogP contribution is -1.96. The Bertz CT molecular complexity index is 1020. The second kappa shape index (κ2) is 6.57. The molecule has 0 aliphatic heterocycles. The van der Waals surface area contributed by atoms with Crippen LogP contribution in [0.5, 0.6) is 0 Å². The molecule has 0 aliphatic carbocycles. The highest BCUT2D eigenvalue weighted by Gasteiger charge is 2.06. The third-order valence-electron chi connectivity index (χ3n) is 3.97. The minimum absolute atomic E-state index is 0.726. The van der Waals surface area contributed by atoms with Gasteiger partial charge >= 0.3 is 0 Å². The van der Waals surface area contributed by atoms with Gasteiger partial charge in [0.1, 0.15) is 18.0 Å². The molecule has 0 amide bonds. The SMILES string of the molecule is C=Cc1cncnc1Nc1ccc2[nH]c(Cc3ccccc3)nc2c1. The van der Waals surface area contributed by atoms with Crippen LogP contribution in [0.3, 0.4) is 0 Å². The number of imidazole rings is 1. The van der Waals surface area contributed by atoms with Crippen molar-refractivity contribution in [2.24, 2.45) is 0 Å². The summed E-state index contributed by atoms with van der Waals surface area (Å²) >= 11 is 0. The van der Waals surface area contributed by atoms with Gasteiger partial charge in [-0.15, -0.1) is 0 Å². The summed E-state index contributed by atoms with van der Waals surface area (Å²) in [4.78, 5) is 16.4. The molecule has 2 N–H and O–H groups in total. The fourth-order valence-corrected chi connectivity index (χ4v) is 2.74. The quantitative estimate of drug-likeness (QED) is 0.572. The van der Waals surface area contributed by atoms with Gasteiger partial charge in [0, 0.05) is 23.9 Å². The van der Waals surface area contributed by atoms with Crippen molar-refractivity contribution < 1.29 is 0 Å². The molecule has 0 aliphatic rings. The molecule has 2 aromatic carbocycles. The van der Waals surface area contributed by atoms with Crippen LogP contribution >= 0.6 is 0 Å². The number of benzene rings is 2. The molecule has 0 spiro atoms. The first-order valence-electron chi connectivity index (χ1n) is 8.04. The van der Waals surface area contributed by atoms with Crippen LogP contribution in [0.15, 0.2) is 67.6 Å². The number of hydrogen-bond acceptors (Lipinski definition) is 4. The maximum atomic E-state index is 4.70. The summed E-state index contributed by atoms with van der Waals surface area (Å²) in [5.74, 6) is 1.68. The number of aromatic nitrogens is 4.